The molecule has 0 saturated carbocycles. The van der Waals surface area contributed by atoms with E-state index >= 15 is 0 Å². The molecule has 0 aliphatic carbocycles. The Morgan fingerprint density at radius 3 is 2.71 bits per heavy atom. The second-order valence-corrected chi connectivity index (χ2v) is 13.0. The standard InChI is InChI=1S/C11H16OSi2/c1-2-14(10-6-9-12-13-14)11-7-4-3-5-8-11/h2-5,7-8H,1,6,9-10,13H2. The molecule has 0 N–H and O–H groups in total. The molecule has 1 unspecified atom stereocenters. The van der Waals surface area contributed by atoms with Crippen molar-refractivity contribution in [2.45, 2.75) is 12.5 Å². The van der Waals surface area contributed by atoms with Crippen molar-refractivity contribution in [3.05, 3.63) is 42.6 Å². The van der Waals surface area contributed by atoms with Crippen molar-refractivity contribution in [2.24, 2.45) is 0 Å². The fourth-order valence-corrected chi connectivity index (χ4v) is 9.86. The lowest BCUT2D eigenvalue weighted by Gasteiger charge is -2.31. The van der Waals surface area contributed by atoms with Crippen LogP contribution in [-0.2, 0) is 4.43 Å². The summed E-state index contributed by atoms with van der Waals surface area (Å²) in [6.45, 7) is 5.04. The molecule has 74 valence electrons. The van der Waals surface area contributed by atoms with Crippen LogP contribution < -0.4 is 5.19 Å². The van der Waals surface area contributed by atoms with Crippen LogP contribution in [0, 0.1) is 0 Å². The first-order valence-corrected chi connectivity index (χ1v) is 10.3. The van der Waals surface area contributed by atoms with E-state index in [0.29, 0.717) is 0 Å². The third-order valence-corrected chi connectivity index (χ3v) is 12.8. The average Bonchev–Trinajstić information content (AvgIpc) is 2.31. The molecule has 0 radical (unpaired) electrons. The first-order valence-electron chi connectivity index (χ1n) is 5.14. The predicted molar refractivity (Wildman–Crippen MR) is 65.9 cm³/mol. The van der Waals surface area contributed by atoms with E-state index in [1.54, 1.807) is 0 Å². The number of hydrogen-bond donors (Lipinski definition) is 0. The zero-order valence-electron chi connectivity index (χ0n) is 8.41. The molecule has 1 fully saturated rings. The van der Waals surface area contributed by atoms with E-state index < -0.39 is 7.59 Å². The lowest BCUT2D eigenvalue weighted by Crippen LogP contribution is -2.55. The van der Waals surface area contributed by atoms with Gasteiger partial charge in [0, 0.05) is 6.61 Å². The van der Waals surface area contributed by atoms with Crippen molar-refractivity contribution in [1.82, 2.24) is 0 Å². The third-order valence-electron chi connectivity index (χ3n) is 3.01. The van der Waals surface area contributed by atoms with Gasteiger partial charge >= 0.3 is 0 Å². The van der Waals surface area contributed by atoms with E-state index in [1.807, 2.05) is 0 Å². The van der Waals surface area contributed by atoms with Gasteiger partial charge in [0.2, 0.25) is 0 Å². The van der Waals surface area contributed by atoms with E-state index in [-0.39, 0.29) is 9.28 Å². The summed E-state index contributed by atoms with van der Waals surface area (Å²) in [5.41, 5.74) is 2.24. The number of hydrogen-bond acceptors (Lipinski definition) is 1. The molecular weight excluding hydrogens is 204 g/mol. The molecule has 14 heavy (non-hydrogen) atoms. The van der Waals surface area contributed by atoms with Crippen molar-refractivity contribution >= 4 is 22.1 Å². The van der Waals surface area contributed by atoms with Crippen LogP contribution in [0.4, 0.5) is 0 Å². The number of rotatable bonds is 2. The molecular formula is C11H16OSi2. The lowest BCUT2D eigenvalue weighted by molar-refractivity contribution is 0.335. The van der Waals surface area contributed by atoms with Crippen molar-refractivity contribution in [2.75, 3.05) is 6.61 Å². The predicted octanol–water partition coefficient (Wildman–Crippen LogP) is 1.07. The molecule has 1 heterocycles. The van der Waals surface area contributed by atoms with Crippen LogP contribution >= 0.6 is 0 Å². The molecule has 1 aliphatic rings. The summed E-state index contributed by atoms with van der Waals surface area (Å²) >= 11 is 0. The van der Waals surface area contributed by atoms with Crippen LogP contribution in [0.15, 0.2) is 42.6 Å². The monoisotopic (exact) mass is 220 g/mol. The van der Waals surface area contributed by atoms with Gasteiger partial charge in [0.15, 0.2) is 9.28 Å². The van der Waals surface area contributed by atoms with E-state index in [0.717, 1.165) is 6.61 Å². The normalized spacial score (nSPS) is 28.9. The van der Waals surface area contributed by atoms with Crippen molar-refractivity contribution in [3.63, 3.8) is 0 Å². The van der Waals surface area contributed by atoms with Crippen LogP contribution in [0.1, 0.15) is 6.42 Å². The highest BCUT2D eigenvalue weighted by molar-refractivity contribution is 7.32. The van der Waals surface area contributed by atoms with E-state index in [2.05, 4.69) is 42.6 Å². The molecule has 0 amide bonds. The summed E-state index contributed by atoms with van der Waals surface area (Å²) in [6, 6.07) is 12.2. The minimum absolute atomic E-state index is 0.362. The van der Waals surface area contributed by atoms with Gasteiger partial charge in [-0.15, -0.1) is 6.58 Å². The lowest BCUT2D eigenvalue weighted by atomic mass is 10.4. The van der Waals surface area contributed by atoms with Gasteiger partial charge in [-0.05, 0) is 12.5 Å². The van der Waals surface area contributed by atoms with Crippen LogP contribution in [0.2, 0.25) is 6.04 Å². The summed E-state index contributed by atoms with van der Waals surface area (Å²) < 4.78 is 5.76. The molecule has 1 aromatic rings. The molecule has 2 rings (SSSR count). The molecule has 1 aliphatic heterocycles. The zero-order chi connectivity index (χ0) is 9.86. The SMILES string of the molecule is C=C[Si]1(c2ccccc2)CCCO[SiH2]1. The number of benzene rings is 1. The minimum Gasteiger partial charge on any atom is -0.426 e. The first kappa shape index (κ1) is 9.89. The van der Waals surface area contributed by atoms with Gasteiger partial charge in [0.1, 0.15) is 7.59 Å². The van der Waals surface area contributed by atoms with Crippen LogP contribution in [0.25, 0.3) is 0 Å². The Morgan fingerprint density at radius 2 is 2.14 bits per heavy atom. The summed E-state index contributed by atoms with van der Waals surface area (Å²) in [5, 5.41) is 1.53. The van der Waals surface area contributed by atoms with Gasteiger partial charge in [0.25, 0.3) is 0 Å². The van der Waals surface area contributed by atoms with Crippen molar-refractivity contribution < 1.29 is 4.43 Å². The van der Waals surface area contributed by atoms with Crippen LogP contribution in [-0.4, -0.2) is 23.5 Å². The molecule has 0 bridgehead atoms. The maximum Gasteiger partial charge on any atom is 0.160 e. The van der Waals surface area contributed by atoms with Crippen LogP contribution in [0.3, 0.4) is 0 Å². The Morgan fingerprint density at radius 1 is 1.36 bits per heavy atom. The molecule has 1 nitrogen and oxygen atoms in total. The molecule has 1 atom stereocenters. The summed E-state index contributed by atoms with van der Waals surface area (Å²) in [5.74, 6) is 0. The van der Waals surface area contributed by atoms with Gasteiger partial charge in [0.05, 0.1) is 0 Å². The topological polar surface area (TPSA) is 9.23 Å². The quantitative estimate of drug-likeness (QED) is 0.678. The second-order valence-electron chi connectivity index (χ2n) is 3.88. The van der Waals surface area contributed by atoms with Crippen molar-refractivity contribution in [3.8, 4) is 0 Å². The Hall–Kier alpha value is -0.646. The fraction of sp³-hybridized carbons (Fsp3) is 0.273. The highest BCUT2D eigenvalue weighted by atomic mass is 29.2. The second kappa shape index (κ2) is 4.25. The molecule has 1 aromatic carbocycles. The molecule has 3 heteroatoms. The smallest absolute Gasteiger partial charge is 0.160 e. The van der Waals surface area contributed by atoms with Gasteiger partial charge in [-0.2, -0.15) is 0 Å². The highest BCUT2D eigenvalue weighted by Crippen LogP contribution is 2.17. The van der Waals surface area contributed by atoms with Crippen molar-refractivity contribution in [1.29, 1.82) is 0 Å². The molecule has 0 aromatic heterocycles. The molecule has 0 spiro atoms. The minimum atomic E-state index is -1.35. The van der Waals surface area contributed by atoms with E-state index in [1.165, 1.54) is 17.7 Å². The summed E-state index contributed by atoms with van der Waals surface area (Å²) in [4.78, 5) is 0. The Balaban J connectivity index is 2.32. The molecule has 1 saturated heterocycles. The Labute approximate surface area is 88.5 Å². The van der Waals surface area contributed by atoms with E-state index in [4.69, 9.17) is 4.43 Å². The largest absolute Gasteiger partial charge is 0.426 e. The maximum absolute atomic E-state index is 5.76. The zero-order valence-corrected chi connectivity index (χ0v) is 10.8. The van der Waals surface area contributed by atoms with Gasteiger partial charge < -0.3 is 4.43 Å². The summed E-state index contributed by atoms with van der Waals surface area (Å²) in [7, 11) is -1.71. The Bertz CT molecular complexity index is 304. The third kappa shape index (κ3) is 1.75. The van der Waals surface area contributed by atoms with Gasteiger partial charge in [-0.3, -0.25) is 0 Å². The van der Waals surface area contributed by atoms with Gasteiger partial charge in [-0.25, -0.2) is 0 Å². The average molecular weight is 220 g/mol. The fourth-order valence-electron chi connectivity index (χ4n) is 2.09. The Kier molecular flexibility index (Phi) is 3.00. The summed E-state index contributed by atoms with van der Waals surface area (Å²) in [6.07, 6.45) is 1.22. The van der Waals surface area contributed by atoms with E-state index in [9.17, 15) is 0 Å². The highest BCUT2D eigenvalue weighted by Gasteiger charge is 2.34. The van der Waals surface area contributed by atoms with Crippen LogP contribution in [0.5, 0.6) is 0 Å². The van der Waals surface area contributed by atoms with Gasteiger partial charge in [-0.1, -0.05) is 41.2 Å². The first-order chi connectivity index (χ1) is 6.87. The maximum atomic E-state index is 5.76.